The summed E-state index contributed by atoms with van der Waals surface area (Å²) >= 11 is 5.98. The van der Waals surface area contributed by atoms with Crippen LogP contribution in [0.25, 0.3) is 0 Å². The van der Waals surface area contributed by atoms with E-state index < -0.39 is 12.6 Å². The highest BCUT2D eigenvalue weighted by Crippen LogP contribution is 2.36. The second-order valence-electron chi connectivity index (χ2n) is 4.30. The largest absolute Gasteiger partial charge is 0.480 e. The van der Waals surface area contributed by atoms with Gasteiger partial charge in [-0.2, -0.15) is 0 Å². The molecule has 5 heteroatoms. The lowest BCUT2D eigenvalue weighted by Crippen LogP contribution is -2.10. The predicted octanol–water partition coefficient (Wildman–Crippen LogP) is 2.57. The normalized spacial score (nSPS) is 17.7. The van der Waals surface area contributed by atoms with Crippen LogP contribution in [0.3, 0.4) is 0 Å². The first-order chi connectivity index (χ1) is 8.52. The molecule has 0 fully saturated rings. The molecule has 1 N–H and O–H groups in total. The van der Waals surface area contributed by atoms with Gasteiger partial charge in [0.2, 0.25) is 0 Å². The summed E-state index contributed by atoms with van der Waals surface area (Å²) in [5.41, 5.74) is 1.52. The van der Waals surface area contributed by atoms with Crippen LogP contribution < -0.4 is 4.74 Å². The maximum Gasteiger partial charge on any atom is 0.341 e. The molecule has 18 heavy (non-hydrogen) atoms. The highest BCUT2D eigenvalue weighted by Gasteiger charge is 2.30. The summed E-state index contributed by atoms with van der Waals surface area (Å²) in [6.07, 6.45) is 1.46. The van der Waals surface area contributed by atoms with Gasteiger partial charge >= 0.3 is 5.97 Å². The van der Waals surface area contributed by atoms with Crippen LogP contribution in [-0.4, -0.2) is 23.5 Å². The van der Waals surface area contributed by atoms with E-state index in [1.807, 2.05) is 6.92 Å². The molecule has 0 bridgehead atoms. The number of fused-ring (bicyclic) bond motifs is 1. The van der Waals surface area contributed by atoms with Gasteiger partial charge in [-0.1, -0.05) is 18.5 Å². The monoisotopic (exact) mass is 268 g/mol. The molecule has 1 aliphatic carbocycles. The SMILES string of the molecule is CC[C@H]1Cc2cc(OCC(=O)O)c(Cl)cc2C1=O. The van der Waals surface area contributed by atoms with Crippen molar-refractivity contribution in [1.29, 1.82) is 0 Å². The van der Waals surface area contributed by atoms with Gasteiger partial charge in [0.05, 0.1) is 5.02 Å². The van der Waals surface area contributed by atoms with Crippen LogP contribution in [0.15, 0.2) is 12.1 Å². The van der Waals surface area contributed by atoms with Gasteiger partial charge in [-0.3, -0.25) is 4.79 Å². The molecule has 96 valence electrons. The third kappa shape index (κ3) is 2.34. The van der Waals surface area contributed by atoms with E-state index >= 15 is 0 Å². The summed E-state index contributed by atoms with van der Waals surface area (Å²) in [6.45, 7) is 1.53. The van der Waals surface area contributed by atoms with E-state index in [0.29, 0.717) is 17.7 Å². The minimum atomic E-state index is -1.06. The summed E-state index contributed by atoms with van der Waals surface area (Å²) in [5, 5.41) is 8.84. The number of Topliss-reactive ketones (excluding diaryl/α,β-unsaturated/α-hetero) is 1. The number of benzene rings is 1. The molecular formula is C13H13ClO4. The Hall–Kier alpha value is -1.55. The van der Waals surface area contributed by atoms with Crippen LogP contribution in [0.5, 0.6) is 5.75 Å². The van der Waals surface area contributed by atoms with Gasteiger partial charge in [0.25, 0.3) is 0 Å². The number of hydrogen-bond acceptors (Lipinski definition) is 3. The second-order valence-corrected chi connectivity index (χ2v) is 4.70. The van der Waals surface area contributed by atoms with E-state index in [9.17, 15) is 9.59 Å². The van der Waals surface area contributed by atoms with Gasteiger partial charge in [-0.25, -0.2) is 4.79 Å². The first kappa shape index (κ1) is 12.9. The smallest absolute Gasteiger partial charge is 0.341 e. The van der Waals surface area contributed by atoms with Crippen LogP contribution in [0.4, 0.5) is 0 Å². The van der Waals surface area contributed by atoms with Crippen LogP contribution in [0.1, 0.15) is 29.3 Å². The van der Waals surface area contributed by atoms with E-state index in [2.05, 4.69) is 0 Å². The van der Waals surface area contributed by atoms with Crippen LogP contribution in [-0.2, 0) is 11.2 Å². The van der Waals surface area contributed by atoms with Crippen molar-refractivity contribution in [2.24, 2.45) is 5.92 Å². The quantitative estimate of drug-likeness (QED) is 0.912. The lowest BCUT2D eigenvalue weighted by atomic mass is 10.0. The van der Waals surface area contributed by atoms with E-state index in [1.54, 1.807) is 12.1 Å². The fourth-order valence-electron chi connectivity index (χ4n) is 2.15. The molecule has 2 rings (SSSR count). The number of ether oxygens (including phenoxy) is 1. The summed E-state index contributed by atoms with van der Waals surface area (Å²) in [5.74, 6) is -0.624. The fourth-order valence-corrected chi connectivity index (χ4v) is 2.37. The van der Waals surface area contributed by atoms with Gasteiger partial charge in [0, 0.05) is 11.5 Å². The van der Waals surface area contributed by atoms with Gasteiger partial charge in [-0.15, -0.1) is 0 Å². The molecule has 1 aromatic rings. The van der Waals surface area contributed by atoms with E-state index in [0.717, 1.165) is 12.0 Å². The van der Waals surface area contributed by atoms with Gasteiger partial charge in [0.15, 0.2) is 12.4 Å². The zero-order valence-electron chi connectivity index (χ0n) is 9.90. The Bertz CT molecular complexity index is 510. The Morgan fingerprint density at radius 1 is 1.56 bits per heavy atom. The van der Waals surface area contributed by atoms with Crippen molar-refractivity contribution >= 4 is 23.4 Å². The van der Waals surface area contributed by atoms with Crippen molar-refractivity contribution in [2.45, 2.75) is 19.8 Å². The molecule has 0 radical (unpaired) electrons. The predicted molar refractivity (Wildman–Crippen MR) is 66.4 cm³/mol. The maximum atomic E-state index is 12.0. The first-order valence-corrected chi connectivity index (χ1v) is 6.12. The molecule has 0 aliphatic heterocycles. The summed E-state index contributed by atoms with van der Waals surface area (Å²) in [7, 11) is 0. The number of ketones is 1. The second kappa shape index (κ2) is 4.98. The zero-order valence-corrected chi connectivity index (χ0v) is 10.7. The molecule has 4 nitrogen and oxygen atoms in total. The number of carbonyl (C=O) groups excluding carboxylic acids is 1. The Morgan fingerprint density at radius 2 is 2.28 bits per heavy atom. The number of carbonyl (C=O) groups is 2. The van der Waals surface area contributed by atoms with Crippen LogP contribution >= 0.6 is 11.6 Å². The Kier molecular flexibility index (Phi) is 3.57. The molecule has 0 amide bonds. The Morgan fingerprint density at radius 3 is 2.89 bits per heavy atom. The number of carboxylic acid groups (broad SMARTS) is 1. The number of aliphatic carboxylic acids is 1. The molecular weight excluding hydrogens is 256 g/mol. The van der Waals surface area contributed by atoms with E-state index in [1.165, 1.54) is 0 Å². The molecule has 0 spiro atoms. The Labute approximate surface area is 110 Å². The minimum Gasteiger partial charge on any atom is -0.480 e. The van der Waals surface area contributed by atoms with Crippen molar-refractivity contribution < 1.29 is 19.4 Å². The molecule has 1 aromatic carbocycles. The van der Waals surface area contributed by atoms with Crippen molar-refractivity contribution in [2.75, 3.05) is 6.61 Å². The number of rotatable bonds is 4. The first-order valence-electron chi connectivity index (χ1n) is 5.74. The molecule has 1 atom stereocenters. The maximum absolute atomic E-state index is 12.0. The summed E-state index contributed by atoms with van der Waals surface area (Å²) < 4.78 is 5.08. The molecule has 0 saturated carbocycles. The topological polar surface area (TPSA) is 63.6 Å². The van der Waals surface area contributed by atoms with E-state index in [4.69, 9.17) is 21.4 Å². The average molecular weight is 269 g/mol. The van der Waals surface area contributed by atoms with Gasteiger partial charge in [-0.05, 0) is 30.5 Å². The molecule has 0 unspecified atom stereocenters. The standard InChI is InChI=1S/C13H13ClO4/c1-2-7-3-8-4-11(18-6-12(15)16)10(14)5-9(8)13(7)17/h4-5,7H,2-3,6H2,1H3,(H,15,16)/t7-/m0/s1. The van der Waals surface area contributed by atoms with Crippen LogP contribution in [0, 0.1) is 5.92 Å². The highest BCUT2D eigenvalue weighted by atomic mass is 35.5. The fraction of sp³-hybridized carbons (Fsp3) is 0.385. The van der Waals surface area contributed by atoms with Gasteiger partial charge < -0.3 is 9.84 Å². The van der Waals surface area contributed by atoms with Crippen molar-refractivity contribution in [3.63, 3.8) is 0 Å². The molecule has 0 heterocycles. The number of halogens is 1. The highest BCUT2D eigenvalue weighted by molar-refractivity contribution is 6.32. The van der Waals surface area contributed by atoms with Crippen LogP contribution in [0.2, 0.25) is 5.02 Å². The molecule has 0 aromatic heterocycles. The number of carboxylic acids is 1. The molecule has 1 aliphatic rings. The van der Waals surface area contributed by atoms with E-state index in [-0.39, 0.29) is 16.7 Å². The van der Waals surface area contributed by atoms with Crippen molar-refractivity contribution in [3.05, 3.63) is 28.3 Å². The van der Waals surface area contributed by atoms with Gasteiger partial charge in [0.1, 0.15) is 5.75 Å². The lowest BCUT2D eigenvalue weighted by Gasteiger charge is -2.07. The molecule has 0 saturated heterocycles. The minimum absolute atomic E-state index is 0.00536. The summed E-state index contributed by atoms with van der Waals surface area (Å²) in [4.78, 5) is 22.4. The number of hydrogen-bond donors (Lipinski definition) is 1. The summed E-state index contributed by atoms with van der Waals surface area (Å²) in [6, 6.07) is 3.25. The third-order valence-corrected chi connectivity index (χ3v) is 3.40. The van der Waals surface area contributed by atoms with Crippen molar-refractivity contribution in [1.82, 2.24) is 0 Å². The van der Waals surface area contributed by atoms with Crippen molar-refractivity contribution in [3.8, 4) is 5.75 Å². The third-order valence-electron chi connectivity index (χ3n) is 3.10. The Balaban J connectivity index is 2.28. The lowest BCUT2D eigenvalue weighted by molar-refractivity contribution is -0.139. The zero-order chi connectivity index (χ0) is 13.3. The average Bonchev–Trinajstić information content (AvgIpc) is 2.63.